The largest absolute Gasteiger partial charge is 1.00 e. The van der Waals surface area contributed by atoms with Gasteiger partial charge in [-0.3, -0.25) is 4.79 Å². The van der Waals surface area contributed by atoms with E-state index in [0.29, 0.717) is 0 Å². The average Bonchev–Trinajstić information content (AvgIpc) is 2.59. The third kappa shape index (κ3) is 2.87. The minimum atomic E-state index is -0.264. The van der Waals surface area contributed by atoms with Gasteiger partial charge in [0.1, 0.15) is 11.5 Å². The molecule has 2 aliphatic rings. The van der Waals surface area contributed by atoms with E-state index in [1.807, 2.05) is 53.4 Å². The topological polar surface area (TPSA) is 32.8 Å². The summed E-state index contributed by atoms with van der Waals surface area (Å²) in [6.45, 7) is 3.44. The number of carbonyl (C=O) groups excluding carboxylic acids is 1. The summed E-state index contributed by atoms with van der Waals surface area (Å²) in [5.41, 5.74) is 1.94. The van der Waals surface area contributed by atoms with Crippen LogP contribution in [0.4, 0.5) is 0 Å². The zero-order valence-corrected chi connectivity index (χ0v) is 14.4. The molecule has 0 aliphatic carbocycles. The number of fused-ring (bicyclic) bond motifs is 2. The van der Waals surface area contributed by atoms with E-state index in [2.05, 4.69) is 11.9 Å². The van der Waals surface area contributed by atoms with Crippen LogP contribution in [0.2, 0.25) is 0 Å². The third-order valence-electron chi connectivity index (χ3n) is 4.74. The summed E-state index contributed by atoms with van der Waals surface area (Å²) >= 11 is 0. The standard InChI is InChI=1S/C19H20N2O2.ClH/c1-20-10-12-21(13-11-20)19(22)18-14-6-2-4-8-16(14)23-17-9-5-3-7-15(17)18;/h2-9,18H,10-13H2,1H3;1H/p-1. The molecule has 2 aromatic carbocycles. The van der Waals surface area contributed by atoms with Crippen molar-refractivity contribution in [3.05, 3.63) is 59.7 Å². The molecule has 0 atom stereocenters. The van der Waals surface area contributed by atoms with Crippen molar-refractivity contribution in [2.75, 3.05) is 33.2 Å². The van der Waals surface area contributed by atoms with Gasteiger partial charge in [0.05, 0.1) is 5.92 Å². The molecule has 0 spiro atoms. The van der Waals surface area contributed by atoms with Crippen molar-refractivity contribution in [2.24, 2.45) is 0 Å². The molecule has 2 aliphatic heterocycles. The third-order valence-corrected chi connectivity index (χ3v) is 4.74. The van der Waals surface area contributed by atoms with Gasteiger partial charge in [-0.2, -0.15) is 0 Å². The molecule has 0 bridgehead atoms. The van der Waals surface area contributed by atoms with Gasteiger partial charge < -0.3 is 26.9 Å². The van der Waals surface area contributed by atoms with Gasteiger partial charge in [0, 0.05) is 37.3 Å². The number of halogens is 1. The van der Waals surface area contributed by atoms with Crippen molar-refractivity contribution >= 4 is 5.91 Å². The first kappa shape index (κ1) is 16.8. The maximum atomic E-state index is 13.2. The Labute approximate surface area is 148 Å². The minimum absolute atomic E-state index is 0. The van der Waals surface area contributed by atoms with E-state index >= 15 is 0 Å². The van der Waals surface area contributed by atoms with Crippen LogP contribution in [-0.2, 0) is 4.79 Å². The molecular weight excluding hydrogens is 324 g/mol. The number of hydrogen-bond acceptors (Lipinski definition) is 3. The molecule has 1 fully saturated rings. The van der Waals surface area contributed by atoms with Crippen LogP contribution in [0.3, 0.4) is 0 Å². The first-order valence-corrected chi connectivity index (χ1v) is 8.07. The van der Waals surface area contributed by atoms with E-state index in [0.717, 1.165) is 48.8 Å². The summed E-state index contributed by atoms with van der Waals surface area (Å²) in [6, 6.07) is 15.7. The number of hydrogen-bond donors (Lipinski definition) is 0. The van der Waals surface area contributed by atoms with Gasteiger partial charge in [-0.05, 0) is 19.2 Å². The lowest BCUT2D eigenvalue weighted by molar-refractivity contribution is -0.133. The fraction of sp³-hybridized carbons (Fsp3) is 0.316. The Balaban J connectivity index is 0.00000169. The van der Waals surface area contributed by atoms with Crippen LogP contribution in [0.1, 0.15) is 17.0 Å². The molecule has 1 saturated heterocycles. The Morgan fingerprint density at radius 3 is 1.96 bits per heavy atom. The summed E-state index contributed by atoms with van der Waals surface area (Å²) in [5.74, 6) is 1.50. The highest BCUT2D eigenvalue weighted by Crippen LogP contribution is 2.44. The molecular formula is C19H20ClN2O2-. The summed E-state index contributed by atoms with van der Waals surface area (Å²) in [7, 11) is 2.10. The quantitative estimate of drug-likeness (QED) is 0.713. The van der Waals surface area contributed by atoms with Crippen LogP contribution >= 0.6 is 0 Å². The maximum Gasteiger partial charge on any atom is 0.234 e. The van der Waals surface area contributed by atoms with Crippen molar-refractivity contribution < 1.29 is 21.9 Å². The monoisotopic (exact) mass is 343 g/mol. The van der Waals surface area contributed by atoms with Crippen molar-refractivity contribution in [1.82, 2.24) is 9.80 Å². The molecule has 0 N–H and O–H groups in total. The summed E-state index contributed by atoms with van der Waals surface area (Å²) in [6.07, 6.45) is 0. The van der Waals surface area contributed by atoms with Crippen LogP contribution in [0.15, 0.2) is 48.5 Å². The molecule has 4 rings (SSSR count). The van der Waals surface area contributed by atoms with Crippen molar-refractivity contribution in [3.63, 3.8) is 0 Å². The van der Waals surface area contributed by atoms with E-state index in [4.69, 9.17) is 4.74 Å². The number of benzene rings is 2. The second-order valence-electron chi connectivity index (χ2n) is 6.24. The molecule has 1 amide bonds. The Morgan fingerprint density at radius 1 is 0.917 bits per heavy atom. The van der Waals surface area contributed by atoms with Gasteiger partial charge >= 0.3 is 0 Å². The van der Waals surface area contributed by atoms with Crippen LogP contribution in [0.5, 0.6) is 11.5 Å². The number of amides is 1. The van der Waals surface area contributed by atoms with E-state index < -0.39 is 0 Å². The van der Waals surface area contributed by atoms with Crippen LogP contribution in [0.25, 0.3) is 0 Å². The molecule has 2 heterocycles. The SMILES string of the molecule is CN1CCN(C(=O)C2c3ccccc3Oc3ccccc32)CC1.[Cl-]. The number of para-hydroxylation sites is 2. The molecule has 2 aromatic rings. The fourth-order valence-electron chi connectivity index (χ4n) is 3.39. The van der Waals surface area contributed by atoms with Gasteiger partial charge in [0.15, 0.2) is 0 Å². The smallest absolute Gasteiger partial charge is 0.234 e. The van der Waals surface area contributed by atoms with Crippen molar-refractivity contribution in [3.8, 4) is 11.5 Å². The van der Waals surface area contributed by atoms with Gasteiger partial charge in [-0.1, -0.05) is 36.4 Å². The summed E-state index contributed by atoms with van der Waals surface area (Å²) in [5, 5.41) is 0. The highest BCUT2D eigenvalue weighted by molar-refractivity contribution is 5.89. The number of carbonyl (C=O) groups is 1. The molecule has 24 heavy (non-hydrogen) atoms. The van der Waals surface area contributed by atoms with Crippen LogP contribution < -0.4 is 17.1 Å². The predicted molar refractivity (Wildman–Crippen MR) is 88.9 cm³/mol. The Morgan fingerprint density at radius 2 is 1.42 bits per heavy atom. The highest BCUT2D eigenvalue weighted by atomic mass is 35.5. The lowest BCUT2D eigenvalue weighted by atomic mass is 9.86. The van der Waals surface area contributed by atoms with E-state index in [9.17, 15) is 4.79 Å². The number of ether oxygens (including phenoxy) is 1. The van der Waals surface area contributed by atoms with Gasteiger partial charge in [-0.25, -0.2) is 0 Å². The van der Waals surface area contributed by atoms with Crippen LogP contribution in [0, 0.1) is 0 Å². The maximum absolute atomic E-state index is 13.2. The second kappa shape index (κ2) is 6.83. The highest BCUT2D eigenvalue weighted by Gasteiger charge is 2.35. The molecule has 0 aromatic heterocycles. The normalized spacial score (nSPS) is 17.3. The molecule has 4 nitrogen and oxygen atoms in total. The lowest BCUT2D eigenvalue weighted by Crippen LogP contribution is -3.00. The molecule has 0 radical (unpaired) electrons. The molecule has 5 heteroatoms. The van der Waals surface area contributed by atoms with Crippen molar-refractivity contribution in [2.45, 2.75) is 5.92 Å². The van der Waals surface area contributed by atoms with Gasteiger partial charge in [0.2, 0.25) is 5.91 Å². The summed E-state index contributed by atoms with van der Waals surface area (Å²) in [4.78, 5) is 17.5. The van der Waals surface area contributed by atoms with E-state index in [1.54, 1.807) is 0 Å². The molecule has 126 valence electrons. The van der Waals surface area contributed by atoms with Crippen LogP contribution in [-0.4, -0.2) is 48.9 Å². The Kier molecular flexibility index (Phi) is 4.78. The first-order chi connectivity index (χ1) is 11.2. The molecule has 0 saturated carbocycles. The minimum Gasteiger partial charge on any atom is -1.00 e. The van der Waals surface area contributed by atoms with E-state index in [1.165, 1.54) is 0 Å². The Bertz CT molecular complexity index is 696. The number of rotatable bonds is 1. The fourth-order valence-corrected chi connectivity index (χ4v) is 3.39. The molecule has 0 unspecified atom stereocenters. The zero-order chi connectivity index (χ0) is 15.8. The number of piperazine rings is 1. The number of likely N-dealkylation sites (N-methyl/N-ethyl adjacent to an activating group) is 1. The van der Waals surface area contributed by atoms with E-state index in [-0.39, 0.29) is 24.2 Å². The van der Waals surface area contributed by atoms with Crippen molar-refractivity contribution in [1.29, 1.82) is 0 Å². The zero-order valence-electron chi connectivity index (χ0n) is 13.6. The van der Waals surface area contributed by atoms with Gasteiger partial charge in [-0.15, -0.1) is 0 Å². The lowest BCUT2D eigenvalue weighted by Gasteiger charge is -2.36. The van der Waals surface area contributed by atoms with Gasteiger partial charge in [0.25, 0.3) is 0 Å². The summed E-state index contributed by atoms with van der Waals surface area (Å²) < 4.78 is 5.98. The number of nitrogens with zero attached hydrogens (tertiary/aromatic N) is 2. The second-order valence-corrected chi connectivity index (χ2v) is 6.24. The predicted octanol–water partition coefficient (Wildman–Crippen LogP) is -0.298. The Hall–Kier alpha value is -2.04. The first-order valence-electron chi connectivity index (χ1n) is 8.07. The average molecular weight is 344 g/mol.